The molecule has 3 rings (SSSR count). The number of fused-ring (bicyclic) bond motifs is 3. The Bertz CT molecular complexity index is 874. The number of halogens is 1. The number of carboxylic acid groups (broad SMARTS) is 1. The molecule has 1 aromatic carbocycles. The highest BCUT2D eigenvalue weighted by molar-refractivity contribution is 9.10. The number of nitrogens with one attached hydrogen (secondary N) is 1. The van der Waals surface area contributed by atoms with Gasteiger partial charge in [-0.1, -0.05) is 15.9 Å². The van der Waals surface area contributed by atoms with Crippen molar-refractivity contribution in [2.75, 3.05) is 6.54 Å². The van der Waals surface area contributed by atoms with Crippen LogP contribution in [0.1, 0.15) is 17.7 Å². The van der Waals surface area contributed by atoms with Crippen LogP contribution in [0.15, 0.2) is 22.7 Å². The summed E-state index contributed by atoms with van der Waals surface area (Å²) in [6, 6.07) is 5.79. The van der Waals surface area contributed by atoms with Crippen LogP contribution in [-0.2, 0) is 33.8 Å². The normalized spacial score (nSPS) is 16.4. The van der Waals surface area contributed by atoms with Crippen LogP contribution in [0, 0.1) is 5.92 Å². The number of primary amides is 1. The maximum absolute atomic E-state index is 12.2. The molecule has 0 bridgehead atoms. The minimum Gasteiger partial charge on any atom is -0.481 e. The lowest BCUT2D eigenvalue weighted by molar-refractivity contribution is -0.142. The van der Waals surface area contributed by atoms with Gasteiger partial charge in [0.2, 0.25) is 11.8 Å². The highest BCUT2D eigenvalue weighted by atomic mass is 79.9. The minimum absolute atomic E-state index is 0.0209. The molecule has 0 saturated heterocycles. The lowest BCUT2D eigenvalue weighted by atomic mass is 9.87. The molecule has 4 N–H and O–H groups in total. The van der Waals surface area contributed by atoms with Crippen molar-refractivity contribution in [1.82, 2.24) is 9.88 Å². The zero-order valence-corrected chi connectivity index (χ0v) is 15.0. The molecular weight excluding hydrogens is 390 g/mol. The molecule has 2 amide bonds. The van der Waals surface area contributed by atoms with Crippen molar-refractivity contribution in [3.63, 3.8) is 0 Å². The van der Waals surface area contributed by atoms with Gasteiger partial charge in [-0.2, -0.15) is 0 Å². The second-order valence-corrected chi connectivity index (χ2v) is 7.11. The van der Waals surface area contributed by atoms with Gasteiger partial charge in [0.05, 0.1) is 12.5 Å². The number of nitrogens with two attached hydrogens (primary N) is 1. The third-order valence-electron chi connectivity index (χ3n) is 4.54. The fourth-order valence-corrected chi connectivity index (χ4v) is 3.75. The first-order valence-electron chi connectivity index (χ1n) is 7.94. The van der Waals surface area contributed by atoms with Gasteiger partial charge in [-0.15, -0.1) is 0 Å². The summed E-state index contributed by atoms with van der Waals surface area (Å²) in [6.45, 7) is -0.198. The summed E-state index contributed by atoms with van der Waals surface area (Å²) in [4.78, 5) is 34.4. The molecule has 0 saturated carbocycles. The van der Waals surface area contributed by atoms with Gasteiger partial charge in [-0.3, -0.25) is 14.4 Å². The average Bonchev–Trinajstić information content (AvgIpc) is 2.85. The smallest absolute Gasteiger partial charge is 0.306 e. The predicted octanol–water partition coefficient (Wildman–Crippen LogP) is 1.19. The molecule has 1 aliphatic carbocycles. The number of carbonyl (C=O) groups excluding carboxylic acids is 2. The van der Waals surface area contributed by atoms with E-state index in [1.54, 1.807) is 0 Å². The van der Waals surface area contributed by atoms with Crippen LogP contribution < -0.4 is 11.1 Å². The van der Waals surface area contributed by atoms with Crippen LogP contribution in [0.3, 0.4) is 0 Å². The number of hydrogen-bond acceptors (Lipinski definition) is 3. The molecule has 0 radical (unpaired) electrons. The largest absolute Gasteiger partial charge is 0.481 e. The van der Waals surface area contributed by atoms with Crippen molar-refractivity contribution in [3.05, 3.63) is 33.9 Å². The number of aryl methyl sites for hydroxylation is 1. The molecule has 0 spiro atoms. The second-order valence-electron chi connectivity index (χ2n) is 6.19. The quantitative estimate of drug-likeness (QED) is 0.690. The molecule has 25 heavy (non-hydrogen) atoms. The van der Waals surface area contributed by atoms with Crippen molar-refractivity contribution in [3.8, 4) is 0 Å². The summed E-state index contributed by atoms with van der Waals surface area (Å²) in [6.07, 6.45) is 1.64. The lowest BCUT2D eigenvalue weighted by Gasteiger charge is -2.21. The molecule has 1 atom stereocenters. The van der Waals surface area contributed by atoms with Crippen LogP contribution in [0.2, 0.25) is 0 Å². The Labute approximate surface area is 152 Å². The fourth-order valence-electron chi connectivity index (χ4n) is 3.39. The van der Waals surface area contributed by atoms with Crippen LogP contribution in [0.25, 0.3) is 10.9 Å². The van der Waals surface area contributed by atoms with E-state index in [9.17, 15) is 19.5 Å². The summed E-state index contributed by atoms with van der Waals surface area (Å²) >= 11 is 3.46. The molecule has 7 nitrogen and oxygen atoms in total. The average molecular weight is 408 g/mol. The van der Waals surface area contributed by atoms with Gasteiger partial charge in [0.1, 0.15) is 6.54 Å². The number of amides is 2. The fraction of sp³-hybridized carbons (Fsp3) is 0.353. The van der Waals surface area contributed by atoms with Crippen LogP contribution in [0.5, 0.6) is 0 Å². The Hall–Kier alpha value is -2.35. The number of carboxylic acids is 1. The lowest BCUT2D eigenvalue weighted by Crippen LogP contribution is -2.36. The van der Waals surface area contributed by atoms with Gasteiger partial charge in [0.25, 0.3) is 0 Å². The Morgan fingerprint density at radius 1 is 1.36 bits per heavy atom. The van der Waals surface area contributed by atoms with Gasteiger partial charge in [-0.25, -0.2) is 0 Å². The molecule has 1 aliphatic rings. The molecular formula is C17H18BrN3O4. The summed E-state index contributed by atoms with van der Waals surface area (Å²) in [5.41, 5.74) is 7.91. The van der Waals surface area contributed by atoms with E-state index in [0.29, 0.717) is 19.3 Å². The predicted molar refractivity (Wildman–Crippen MR) is 95.0 cm³/mol. The maximum atomic E-state index is 12.2. The van der Waals surface area contributed by atoms with E-state index in [2.05, 4.69) is 21.2 Å². The Balaban J connectivity index is 2.01. The molecule has 1 heterocycles. The summed E-state index contributed by atoms with van der Waals surface area (Å²) in [5.74, 6) is -2.21. The SMILES string of the molecule is NC(=O)CNC(=O)Cn1c2c(c3cc(Br)ccc31)CC[C@@H](C(=O)O)C2. The van der Waals surface area contributed by atoms with Crippen LogP contribution in [-0.4, -0.2) is 34.0 Å². The van der Waals surface area contributed by atoms with E-state index in [1.165, 1.54) is 0 Å². The van der Waals surface area contributed by atoms with Crippen molar-refractivity contribution in [2.24, 2.45) is 11.7 Å². The van der Waals surface area contributed by atoms with E-state index in [4.69, 9.17) is 5.73 Å². The number of aromatic nitrogens is 1. The number of hydrogen-bond donors (Lipinski definition) is 3. The third kappa shape index (κ3) is 3.53. The third-order valence-corrected chi connectivity index (χ3v) is 5.04. The van der Waals surface area contributed by atoms with Crippen molar-refractivity contribution in [2.45, 2.75) is 25.8 Å². The first-order valence-corrected chi connectivity index (χ1v) is 8.73. The molecule has 8 heteroatoms. The molecule has 2 aromatic rings. The number of rotatable bonds is 5. The van der Waals surface area contributed by atoms with E-state index in [-0.39, 0.29) is 19.0 Å². The van der Waals surface area contributed by atoms with Gasteiger partial charge in [-0.05, 0) is 36.6 Å². The van der Waals surface area contributed by atoms with Gasteiger partial charge in [0.15, 0.2) is 0 Å². The van der Waals surface area contributed by atoms with Crippen LogP contribution >= 0.6 is 15.9 Å². The minimum atomic E-state index is -0.818. The summed E-state index contributed by atoms with van der Waals surface area (Å²) in [5, 5.41) is 12.9. The number of aliphatic carboxylic acids is 1. The maximum Gasteiger partial charge on any atom is 0.306 e. The number of nitrogens with zero attached hydrogens (tertiary/aromatic N) is 1. The summed E-state index contributed by atoms with van der Waals surface area (Å²) in [7, 11) is 0. The standard InChI is InChI=1S/C17H18BrN3O4/c18-10-2-4-13-12(6-10)11-3-1-9(17(24)25)5-14(11)21(13)8-16(23)20-7-15(19)22/h2,4,6,9H,1,3,5,7-8H2,(H2,19,22)(H,20,23)(H,24,25)/t9-/m1/s1. The topological polar surface area (TPSA) is 114 Å². The zero-order chi connectivity index (χ0) is 18.1. The van der Waals surface area contributed by atoms with E-state index >= 15 is 0 Å². The first-order chi connectivity index (χ1) is 11.9. The van der Waals surface area contributed by atoms with E-state index < -0.39 is 17.8 Å². The van der Waals surface area contributed by atoms with Gasteiger partial charge >= 0.3 is 5.97 Å². The number of benzene rings is 1. The summed E-state index contributed by atoms with van der Waals surface area (Å²) < 4.78 is 2.78. The highest BCUT2D eigenvalue weighted by Gasteiger charge is 2.29. The zero-order valence-electron chi connectivity index (χ0n) is 13.4. The molecule has 1 aromatic heterocycles. The monoisotopic (exact) mass is 407 g/mol. The molecule has 0 aliphatic heterocycles. The Morgan fingerprint density at radius 2 is 2.12 bits per heavy atom. The molecule has 0 fully saturated rings. The van der Waals surface area contributed by atoms with Crippen molar-refractivity contribution >= 4 is 44.6 Å². The van der Waals surface area contributed by atoms with E-state index in [0.717, 1.165) is 26.6 Å². The molecule has 0 unspecified atom stereocenters. The Morgan fingerprint density at radius 3 is 2.80 bits per heavy atom. The first kappa shape index (κ1) is 17.5. The van der Waals surface area contributed by atoms with Crippen molar-refractivity contribution in [1.29, 1.82) is 0 Å². The van der Waals surface area contributed by atoms with Crippen molar-refractivity contribution < 1.29 is 19.5 Å². The second kappa shape index (κ2) is 6.87. The van der Waals surface area contributed by atoms with Gasteiger partial charge in [0, 0.05) is 27.5 Å². The van der Waals surface area contributed by atoms with E-state index in [1.807, 2.05) is 22.8 Å². The molecule has 132 valence electrons. The highest BCUT2D eigenvalue weighted by Crippen LogP contribution is 2.35. The van der Waals surface area contributed by atoms with Crippen LogP contribution in [0.4, 0.5) is 0 Å². The Kier molecular flexibility index (Phi) is 4.80. The number of carbonyl (C=O) groups is 3. The van der Waals surface area contributed by atoms with Gasteiger partial charge < -0.3 is 20.7 Å².